The summed E-state index contributed by atoms with van der Waals surface area (Å²) < 4.78 is 24.0. The Bertz CT molecular complexity index is 574. The van der Waals surface area contributed by atoms with E-state index in [0.717, 1.165) is 25.9 Å². The third-order valence-corrected chi connectivity index (χ3v) is 5.19. The Balaban J connectivity index is 2.38. The maximum atomic E-state index is 12.0. The van der Waals surface area contributed by atoms with Crippen LogP contribution in [0.2, 0.25) is 0 Å². The summed E-state index contributed by atoms with van der Waals surface area (Å²) in [6.07, 6.45) is 6.24. The second-order valence-electron chi connectivity index (χ2n) is 5.70. The predicted molar refractivity (Wildman–Crippen MR) is 85.5 cm³/mol. The highest BCUT2D eigenvalue weighted by atomic mass is 32.2. The molecule has 1 N–H and O–H groups in total. The first kappa shape index (κ1) is 16.2. The Morgan fingerprint density at radius 2 is 2.24 bits per heavy atom. The number of sulfone groups is 1. The quantitative estimate of drug-likeness (QED) is 0.899. The molecular formula is C15H25N3O2S. The van der Waals surface area contributed by atoms with Crippen molar-refractivity contribution in [1.82, 2.24) is 10.3 Å². The molecule has 2 atom stereocenters. The molecule has 1 fully saturated rings. The Morgan fingerprint density at radius 1 is 1.48 bits per heavy atom. The highest BCUT2D eigenvalue weighted by Crippen LogP contribution is 2.29. The van der Waals surface area contributed by atoms with Gasteiger partial charge in [0.15, 0.2) is 9.84 Å². The molecule has 0 aliphatic carbocycles. The average Bonchev–Trinajstić information content (AvgIpc) is 2.46. The fraction of sp³-hybridized carbons (Fsp3) is 0.667. The Morgan fingerprint density at radius 3 is 2.90 bits per heavy atom. The number of nitrogens with one attached hydrogen (secondary N) is 1. The normalized spacial score (nSPS) is 21.3. The maximum Gasteiger partial charge on any atom is 0.179 e. The summed E-state index contributed by atoms with van der Waals surface area (Å²) in [7, 11) is -3.27. The minimum absolute atomic E-state index is 0.286. The number of pyridine rings is 1. The monoisotopic (exact) mass is 311 g/mol. The van der Waals surface area contributed by atoms with Crippen LogP contribution in [0.25, 0.3) is 0 Å². The zero-order chi connectivity index (χ0) is 15.5. The van der Waals surface area contributed by atoms with Gasteiger partial charge < -0.3 is 10.2 Å². The van der Waals surface area contributed by atoms with Crippen LogP contribution >= 0.6 is 0 Å². The van der Waals surface area contributed by atoms with Crippen molar-refractivity contribution in [3.05, 3.63) is 18.3 Å². The summed E-state index contributed by atoms with van der Waals surface area (Å²) in [4.78, 5) is 6.89. The van der Waals surface area contributed by atoms with Crippen molar-refractivity contribution in [3.63, 3.8) is 0 Å². The van der Waals surface area contributed by atoms with Gasteiger partial charge in [-0.1, -0.05) is 6.92 Å². The average molecular weight is 311 g/mol. The van der Waals surface area contributed by atoms with Crippen LogP contribution in [0.4, 0.5) is 5.82 Å². The number of rotatable bonds is 5. The van der Waals surface area contributed by atoms with Gasteiger partial charge in [0.25, 0.3) is 0 Å². The van der Waals surface area contributed by atoms with Crippen molar-refractivity contribution in [2.75, 3.05) is 24.2 Å². The van der Waals surface area contributed by atoms with E-state index in [0.29, 0.717) is 16.8 Å². The van der Waals surface area contributed by atoms with E-state index in [1.807, 2.05) is 0 Å². The molecular weight excluding hydrogens is 286 g/mol. The molecule has 21 heavy (non-hydrogen) atoms. The fourth-order valence-corrected chi connectivity index (χ4v) is 3.91. The molecule has 6 heteroatoms. The van der Waals surface area contributed by atoms with Crippen molar-refractivity contribution in [1.29, 1.82) is 0 Å². The minimum Gasteiger partial charge on any atom is -0.351 e. The third kappa shape index (κ3) is 3.74. The van der Waals surface area contributed by atoms with Gasteiger partial charge in [0.1, 0.15) is 10.7 Å². The largest absolute Gasteiger partial charge is 0.351 e. The van der Waals surface area contributed by atoms with E-state index in [1.54, 1.807) is 18.3 Å². The number of anilines is 1. The van der Waals surface area contributed by atoms with Crippen molar-refractivity contribution < 1.29 is 8.42 Å². The highest BCUT2D eigenvalue weighted by Gasteiger charge is 2.30. The summed E-state index contributed by atoms with van der Waals surface area (Å²) in [6.45, 7) is 6.02. The lowest BCUT2D eigenvalue weighted by Gasteiger charge is -2.40. The van der Waals surface area contributed by atoms with Crippen molar-refractivity contribution in [3.8, 4) is 0 Å². The van der Waals surface area contributed by atoms with Crippen LogP contribution in [0.15, 0.2) is 23.2 Å². The molecule has 1 aliphatic rings. The molecule has 1 saturated heterocycles. The van der Waals surface area contributed by atoms with Crippen LogP contribution in [-0.2, 0) is 9.84 Å². The lowest BCUT2D eigenvalue weighted by atomic mass is 9.96. The number of hydrogen-bond donors (Lipinski definition) is 1. The van der Waals surface area contributed by atoms with E-state index in [2.05, 4.69) is 29.0 Å². The smallest absolute Gasteiger partial charge is 0.179 e. The lowest BCUT2D eigenvalue weighted by molar-refractivity contribution is 0.369. The van der Waals surface area contributed by atoms with E-state index < -0.39 is 9.84 Å². The molecule has 0 aromatic carbocycles. The van der Waals surface area contributed by atoms with Crippen LogP contribution in [0.5, 0.6) is 0 Å². The summed E-state index contributed by atoms with van der Waals surface area (Å²) in [5, 5.41) is 3.45. The number of nitrogens with zero attached hydrogens (tertiary/aromatic N) is 2. The van der Waals surface area contributed by atoms with Crippen LogP contribution in [-0.4, -0.2) is 44.8 Å². The van der Waals surface area contributed by atoms with Gasteiger partial charge in [0, 0.05) is 31.1 Å². The number of aromatic nitrogens is 1. The second kappa shape index (κ2) is 6.75. The molecule has 0 radical (unpaired) electrons. The van der Waals surface area contributed by atoms with E-state index >= 15 is 0 Å². The standard InChI is InChI=1S/C15H25N3O2S/c1-4-16-12(2)13-8-5-6-11-18(13)15-14(21(3,19)20)9-7-10-17-15/h7,9-10,12-13,16H,4-6,8,11H2,1-3H3. The van der Waals surface area contributed by atoms with E-state index in [1.165, 1.54) is 12.7 Å². The number of likely N-dealkylation sites (N-methyl/N-ethyl adjacent to an activating group) is 1. The molecule has 0 bridgehead atoms. The predicted octanol–water partition coefficient (Wildman–Crippen LogP) is 1.84. The van der Waals surface area contributed by atoms with Gasteiger partial charge in [-0.3, -0.25) is 0 Å². The maximum absolute atomic E-state index is 12.0. The molecule has 2 unspecified atom stereocenters. The molecule has 1 aromatic rings. The summed E-state index contributed by atoms with van der Waals surface area (Å²) >= 11 is 0. The van der Waals surface area contributed by atoms with Crippen molar-refractivity contribution >= 4 is 15.7 Å². The van der Waals surface area contributed by atoms with Gasteiger partial charge in [0.2, 0.25) is 0 Å². The Hall–Kier alpha value is -1.14. The van der Waals surface area contributed by atoms with Crippen LogP contribution in [0.1, 0.15) is 33.1 Å². The third-order valence-electron chi connectivity index (χ3n) is 4.07. The zero-order valence-corrected chi connectivity index (χ0v) is 13.9. The van der Waals surface area contributed by atoms with Crippen LogP contribution in [0.3, 0.4) is 0 Å². The Kier molecular flexibility index (Phi) is 5.22. The summed E-state index contributed by atoms with van der Waals surface area (Å²) in [5.74, 6) is 0.606. The first-order chi connectivity index (χ1) is 9.95. The molecule has 1 aromatic heterocycles. The molecule has 2 rings (SSSR count). The van der Waals surface area contributed by atoms with Crippen molar-refractivity contribution in [2.24, 2.45) is 0 Å². The van der Waals surface area contributed by atoms with Crippen LogP contribution in [0, 0.1) is 0 Å². The van der Waals surface area contributed by atoms with Gasteiger partial charge in [0.05, 0.1) is 0 Å². The van der Waals surface area contributed by atoms with Gasteiger partial charge in [-0.25, -0.2) is 13.4 Å². The SMILES string of the molecule is CCNC(C)C1CCCCN1c1ncccc1S(C)(=O)=O. The van der Waals surface area contributed by atoms with E-state index in [-0.39, 0.29) is 6.04 Å². The fourth-order valence-electron chi connectivity index (χ4n) is 3.09. The zero-order valence-electron chi connectivity index (χ0n) is 13.0. The van der Waals surface area contributed by atoms with Gasteiger partial charge in [-0.15, -0.1) is 0 Å². The minimum atomic E-state index is -3.27. The van der Waals surface area contributed by atoms with E-state index in [9.17, 15) is 8.42 Å². The number of hydrogen-bond acceptors (Lipinski definition) is 5. The second-order valence-corrected chi connectivity index (χ2v) is 7.68. The molecule has 0 saturated carbocycles. The molecule has 0 spiro atoms. The summed E-state index contributed by atoms with van der Waals surface area (Å²) in [5.41, 5.74) is 0. The molecule has 0 amide bonds. The molecule has 2 heterocycles. The lowest BCUT2D eigenvalue weighted by Crippen LogP contribution is -2.51. The Labute approximate surface area is 127 Å². The molecule has 118 valence electrons. The van der Waals surface area contributed by atoms with Crippen molar-refractivity contribution in [2.45, 2.75) is 50.1 Å². The topological polar surface area (TPSA) is 62.3 Å². The first-order valence-electron chi connectivity index (χ1n) is 7.60. The van der Waals surface area contributed by atoms with Crippen LogP contribution < -0.4 is 10.2 Å². The summed E-state index contributed by atoms with van der Waals surface area (Å²) in [6, 6.07) is 3.94. The highest BCUT2D eigenvalue weighted by molar-refractivity contribution is 7.90. The van der Waals surface area contributed by atoms with Gasteiger partial charge in [-0.2, -0.15) is 0 Å². The van der Waals surface area contributed by atoms with E-state index in [4.69, 9.17) is 0 Å². The first-order valence-corrected chi connectivity index (χ1v) is 9.49. The van der Waals surface area contributed by atoms with Gasteiger partial charge >= 0.3 is 0 Å². The molecule has 5 nitrogen and oxygen atoms in total. The molecule has 1 aliphatic heterocycles. The number of piperidine rings is 1. The van der Waals surface area contributed by atoms with Gasteiger partial charge in [-0.05, 0) is 44.9 Å².